The topological polar surface area (TPSA) is 34.1 Å². The molecule has 0 atom stereocenters. The Morgan fingerprint density at radius 1 is 1.37 bits per heavy atom. The highest BCUT2D eigenvalue weighted by molar-refractivity contribution is 9.10. The molecule has 0 aliphatic carbocycles. The minimum absolute atomic E-state index is 0.487. The predicted molar refractivity (Wildman–Crippen MR) is 79.9 cm³/mol. The lowest BCUT2D eigenvalue weighted by molar-refractivity contribution is 0.354. The van der Waals surface area contributed by atoms with Crippen molar-refractivity contribution < 1.29 is 4.74 Å². The van der Waals surface area contributed by atoms with Crippen LogP contribution in [0.4, 0.5) is 5.69 Å². The predicted octanol–water partition coefficient (Wildman–Crippen LogP) is 4.04. The molecule has 1 N–H and O–H groups in total. The van der Waals surface area contributed by atoms with Crippen LogP contribution in [0.25, 0.3) is 0 Å². The van der Waals surface area contributed by atoms with Crippen molar-refractivity contribution in [3.05, 3.63) is 51.2 Å². The average Bonchev–Trinajstić information content (AvgIpc) is 2.84. The van der Waals surface area contributed by atoms with Crippen molar-refractivity contribution >= 4 is 33.2 Å². The highest BCUT2D eigenvalue weighted by Crippen LogP contribution is 2.33. The van der Waals surface area contributed by atoms with Crippen molar-refractivity contribution in [2.45, 2.75) is 13.0 Å². The van der Waals surface area contributed by atoms with Crippen LogP contribution in [0.5, 0.6) is 5.75 Å². The molecule has 0 unspecified atom stereocenters. The molecule has 3 rings (SSSR count). The lowest BCUT2D eigenvalue weighted by Crippen LogP contribution is -2.02. The summed E-state index contributed by atoms with van der Waals surface area (Å²) in [6, 6.07) is 7.90. The second kappa shape index (κ2) is 5.39. The second-order valence-electron chi connectivity index (χ2n) is 4.37. The van der Waals surface area contributed by atoms with Gasteiger partial charge in [0.1, 0.15) is 10.9 Å². The zero-order valence-corrected chi connectivity index (χ0v) is 12.5. The summed E-state index contributed by atoms with van der Waals surface area (Å²) in [5.74, 6) is 1.01. The lowest BCUT2D eigenvalue weighted by Gasteiger charge is -2.11. The van der Waals surface area contributed by atoms with E-state index in [1.807, 2.05) is 6.07 Å². The molecule has 0 fully saturated rings. The van der Waals surface area contributed by atoms with Crippen LogP contribution in [0.2, 0.25) is 5.15 Å². The SMILES string of the molecule is Clc1cc(NCc2cc(Br)cc3c2OCC3)ccn1. The van der Waals surface area contributed by atoms with Gasteiger partial charge in [-0.05, 0) is 29.8 Å². The summed E-state index contributed by atoms with van der Waals surface area (Å²) in [5.41, 5.74) is 3.36. The molecule has 2 heterocycles. The first-order valence-corrected chi connectivity index (χ1v) is 7.19. The van der Waals surface area contributed by atoms with Gasteiger partial charge in [0.25, 0.3) is 0 Å². The molecule has 5 heteroatoms. The minimum Gasteiger partial charge on any atom is -0.493 e. The Kier molecular flexibility index (Phi) is 3.62. The lowest BCUT2D eigenvalue weighted by atomic mass is 10.1. The van der Waals surface area contributed by atoms with Crippen LogP contribution >= 0.6 is 27.5 Å². The molecule has 0 spiro atoms. The third-order valence-electron chi connectivity index (χ3n) is 3.03. The fourth-order valence-corrected chi connectivity index (χ4v) is 2.91. The van der Waals surface area contributed by atoms with E-state index in [0.29, 0.717) is 11.7 Å². The maximum Gasteiger partial charge on any atom is 0.131 e. The van der Waals surface area contributed by atoms with E-state index in [1.165, 1.54) is 5.56 Å². The molecule has 0 saturated heterocycles. The number of rotatable bonds is 3. The van der Waals surface area contributed by atoms with Crippen molar-refractivity contribution in [2.75, 3.05) is 11.9 Å². The quantitative estimate of drug-likeness (QED) is 0.857. The molecule has 19 heavy (non-hydrogen) atoms. The van der Waals surface area contributed by atoms with Crippen LogP contribution in [0.1, 0.15) is 11.1 Å². The monoisotopic (exact) mass is 338 g/mol. The van der Waals surface area contributed by atoms with Gasteiger partial charge in [-0.15, -0.1) is 0 Å². The van der Waals surface area contributed by atoms with Crippen LogP contribution in [0, 0.1) is 0 Å². The number of fused-ring (bicyclic) bond motifs is 1. The molecule has 2 aromatic rings. The number of nitrogens with zero attached hydrogens (tertiary/aromatic N) is 1. The summed E-state index contributed by atoms with van der Waals surface area (Å²) in [5, 5.41) is 3.82. The summed E-state index contributed by atoms with van der Waals surface area (Å²) in [6.07, 6.45) is 2.66. The molecule has 0 radical (unpaired) electrons. The van der Waals surface area contributed by atoms with Crippen molar-refractivity contribution in [3.63, 3.8) is 0 Å². The normalized spacial score (nSPS) is 12.9. The molecular weight excluding hydrogens is 328 g/mol. The van der Waals surface area contributed by atoms with Gasteiger partial charge >= 0.3 is 0 Å². The Bertz CT molecular complexity index is 618. The van der Waals surface area contributed by atoms with E-state index in [2.05, 4.69) is 38.4 Å². The Balaban J connectivity index is 1.81. The third kappa shape index (κ3) is 2.85. The van der Waals surface area contributed by atoms with E-state index in [1.54, 1.807) is 12.3 Å². The molecule has 0 saturated carbocycles. The Morgan fingerprint density at radius 3 is 3.11 bits per heavy atom. The molecule has 1 aliphatic heterocycles. The Labute approximate surface area is 125 Å². The Hall–Kier alpha value is -1.26. The number of hydrogen-bond acceptors (Lipinski definition) is 3. The van der Waals surface area contributed by atoms with Gasteiger partial charge in [-0.25, -0.2) is 4.98 Å². The first kappa shape index (κ1) is 12.8. The molecule has 0 amide bonds. The van der Waals surface area contributed by atoms with Crippen molar-refractivity contribution in [1.82, 2.24) is 4.98 Å². The molecule has 98 valence electrons. The molecule has 1 aromatic carbocycles. The number of ether oxygens (including phenoxy) is 1. The van der Waals surface area contributed by atoms with Gasteiger partial charge in [0, 0.05) is 34.9 Å². The smallest absolute Gasteiger partial charge is 0.131 e. The fourth-order valence-electron chi connectivity index (χ4n) is 2.19. The van der Waals surface area contributed by atoms with Crippen LogP contribution < -0.4 is 10.1 Å². The number of anilines is 1. The standard InChI is InChI=1S/C14H12BrClN2O/c15-11-5-9-2-4-19-14(9)10(6-11)8-18-12-1-3-17-13(16)7-12/h1,3,5-7H,2,4,8H2,(H,17,18). The number of aromatic nitrogens is 1. The van der Waals surface area contributed by atoms with Gasteiger partial charge < -0.3 is 10.1 Å². The molecule has 1 aromatic heterocycles. The van der Waals surface area contributed by atoms with Crippen LogP contribution in [0.3, 0.4) is 0 Å². The van der Waals surface area contributed by atoms with E-state index in [9.17, 15) is 0 Å². The zero-order chi connectivity index (χ0) is 13.2. The van der Waals surface area contributed by atoms with E-state index < -0.39 is 0 Å². The highest BCUT2D eigenvalue weighted by atomic mass is 79.9. The first-order chi connectivity index (χ1) is 9.22. The third-order valence-corrected chi connectivity index (χ3v) is 3.70. The van der Waals surface area contributed by atoms with Gasteiger partial charge in [0.05, 0.1) is 6.61 Å². The van der Waals surface area contributed by atoms with E-state index in [0.717, 1.165) is 34.5 Å². The summed E-state index contributed by atoms with van der Waals surface area (Å²) in [6.45, 7) is 1.46. The zero-order valence-electron chi connectivity index (χ0n) is 10.1. The largest absolute Gasteiger partial charge is 0.493 e. The number of hydrogen-bond donors (Lipinski definition) is 1. The van der Waals surface area contributed by atoms with Crippen molar-refractivity contribution in [3.8, 4) is 5.75 Å². The minimum atomic E-state index is 0.487. The fraction of sp³-hybridized carbons (Fsp3) is 0.214. The van der Waals surface area contributed by atoms with Gasteiger partial charge in [-0.3, -0.25) is 0 Å². The number of nitrogens with one attached hydrogen (secondary N) is 1. The van der Waals surface area contributed by atoms with Crippen molar-refractivity contribution in [2.24, 2.45) is 0 Å². The van der Waals surface area contributed by atoms with E-state index >= 15 is 0 Å². The van der Waals surface area contributed by atoms with Gasteiger partial charge in [0.15, 0.2) is 0 Å². The van der Waals surface area contributed by atoms with Crippen LogP contribution in [-0.4, -0.2) is 11.6 Å². The number of benzene rings is 1. The average molecular weight is 340 g/mol. The highest BCUT2D eigenvalue weighted by Gasteiger charge is 2.17. The number of pyridine rings is 1. The number of halogens is 2. The van der Waals surface area contributed by atoms with Gasteiger partial charge in [-0.1, -0.05) is 27.5 Å². The molecule has 0 bridgehead atoms. The molecule has 1 aliphatic rings. The maximum absolute atomic E-state index is 5.86. The molecular formula is C14H12BrClN2O. The van der Waals surface area contributed by atoms with Crippen LogP contribution in [0.15, 0.2) is 34.9 Å². The summed E-state index contributed by atoms with van der Waals surface area (Å²) in [4.78, 5) is 3.96. The van der Waals surface area contributed by atoms with Gasteiger partial charge in [0.2, 0.25) is 0 Å². The van der Waals surface area contributed by atoms with Crippen LogP contribution in [-0.2, 0) is 13.0 Å². The Morgan fingerprint density at radius 2 is 2.26 bits per heavy atom. The molecule has 3 nitrogen and oxygen atoms in total. The summed E-state index contributed by atoms with van der Waals surface area (Å²) >= 11 is 9.40. The maximum atomic E-state index is 5.86. The van der Waals surface area contributed by atoms with Gasteiger partial charge in [-0.2, -0.15) is 0 Å². The van der Waals surface area contributed by atoms with E-state index in [-0.39, 0.29) is 0 Å². The summed E-state index contributed by atoms with van der Waals surface area (Å²) in [7, 11) is 0. The van der Waals surface area contributed by atoms with Crippen molar-refractivity contribution in [1.29, 1.82) is 0 Å². The van der Waals surface area contributed by atoms with E-state index in [4.69, 9.17) is 16.3 Å². The first-order valence-electron chi connectivity index (χ1n) is 6.02. The second-order valence-corrected chi connectivity index (χ2v) is 5.68. The summed E-state index contributed by atoms with van der Waals surface area (Å²) < 4.78 is 6.78.